The maximum absolute atomic E-state index is 10.1. The minimum absolute atomic E-state index is 0. The quantitative estimate of drug-likeness (QED) is 0.358. The molecule has 0 bridgehead atoms. The summed E-state index contributed by atoms with van der Waals surface area (Å²) in [6.07, 6.45) is 13.7. The molecule has 0 spiro atoms. The van der Waals surface area contributed by atoms with Crippen molar-refractivity contribution in [3.8, 4) is 0 Å². The molecule has 0 aromatic heterocycles. The van der Waals surface area contributed by atoms with Crippen LogP contribution in [0, 0.1) is 0 Å². The number of aliphatic hydroxyl groups excluding tert-OH is 1. The molecule has 4 nitrogen and oxygen atoms in total. The van der Waals surface area contributed by atoms with Crippen molar-refractivity contribution >= 4 is 5.97 Å². The molecule has 0 aromatic rings. The van der Waals surface area contributed by atoms with Gasteiger partial charge in [-0.3, -0.25) is 0 Å². The van der Waals surface area contributed by atoms with Crippen molar-refractivity contribution in [2.45, 2.75) is 97.0 Å². The molecule has 0 rings (SSSR count). The molecule has 3 N–H and O–H groups in total. The first-order valence-electron chi connectivity index (χ1n) is 8.62. The first-order valence-corrected chi connectivity index (χ1v) is 8.62. The van der Waals surface area contributed by atoms with Gasteiger partial charge in [-0.2, -0.15) is 0 Å². The smallest absolute Gasteiger partial charge is 0.550 e. The van der Waals surface area contributed by atoms with Gasteiger partial charge in [-0.15, -0.1) is 0 Å². The Hall–Kier alpha value is 1.03. The third-order valence-electron chi connectivity index (χ3n) is 3.33. The van der Waals surface area contributed by atoms with Gasteiger partial charge < -0.3 is 20.7 Å². The molecule has 0 aliphatic heterocycles. The second-order valence-corrected chi connectivity index (χ2v) is 5.74. The third kappa shape index (κ3) is 32.8. The molecule has 0 heterocycles. The van der Waals surface area contributed by atoms with Gasteiger partial charge in [0.25, 0.3) is 0 Å². The summed E-state index contributed by atoms with van der Waals surface area (Å²) in [5, 5.41) is 18.4. The second-order valence-electron chi connectivity index (χ2n) is 5.74. The Morgan fingerprint density at radius 3 is 1.55 bits per heavy atom. The fourth-order valence-corrected chi connectivity index (χ4v) is 1.93. The average Bonchev–Trinajstić information content (AvgIpc) is 2.45. The molecule has 0 saturated heterocycles. The van der Waals surface area contributed by atoms with E-state index in [1.165, 1.54) is 57.8 Å². The largest absolute Gasteiger partial charge is 1.00 e. The Bertz CT molecular complexity index is 214. The van der Waals surface area contributed by atoms with E-state index in [9.17, 15) is 9.90 Å². The number of hydrogen-bond donors (Lipinski definition) is 2. The molecule has 0 saturated carbocycles. The third-order valence-corrected chi connectivity index (χ3v) is 3.33. The second kappa shape index (κ2) is 24.3. The van der Waals surface area contributed by atoms with E-state index >= 15 is 0 Å². The molecule has 0 fully saturated rings. The van der Waals surface area contributed by atoms with Crippen LogP contribution in [0.25, 0.3) is 0 Å². The van der Waals surface area contributed by atoms with Crippen molar-refractivity contribution in [1.82, 2.24) is 0 Å². The topological polar surface area (TPSA) is 86.4 Å². The van der Waals surface area contributed by atoms with Crippen LogP contribution < -0.4 is 62.2 Å². The van der Waals surface area contributed by atoms with E-state index < -0.39 is 5.97 Å². The van der Waals surface area contributed by atoms with Crippen molar-refractivity contribution in [1.29, 1.82) is 0 Å². The molecule has 0 radical (unpaired) electrons. The van der Waals surface area contributed by atoms with E-state index in [-0.39, 0.29) is 63.9 Å². The van der Waals surface area contributed by atoms with Crippen LogP contribution in [-0.4, -0.2) is 23.7 Å². The molecule has 22 heavy (non-hydrogen) atoms. The Morgan fingerprint density at radius 2 is 1.27 bits per heavy atom. The van der Waals surface area contributed by atoms with Crippen LogP contribution in [0.15, 0.2) is 0 Å². The Kier molecular flexibility index (Phi) is 30.7. The van der Waals surface area contributed by atoms with Crippen LogP contribution in [0.1, 0.15) is 90.9 Å². The van der Waals surface area contributed by atoms with Crippen LogP contribution in [0.4, 0.5) is 0 Å². The summed E-state index contributed by atoms with van der Waals surface area (Å²) in [6.45, 7) is 4.26. The maximum atomic E-state index is 10.1. The van der Waals surface area contributed by atoms with Gasteiger partial charge in [-0.1, -0.05) is 71.1 Å². The van der Waals surface area contributed by atoms with E-state index in [4.69, 9.17) is 10.8 Å². The van der Waals surface area contributed by atoms with Gasteiger partial charge in [-0.05, 0) is 19.8 Å². The number of carboxylic acid groups (broad SMARTS) is 1. The summed E-state index contributed by atoms with van der Waals surface area (Å²) in [5.41, 5.74) is 4.92. The fraction of sp³-hybridized carbons (Fsp3) is 0.941. The van der Waals surface area contributed by atoms with E-state index in [0.29, 0.717) is 6.54 Å². The zero-order chi connectivity index (χ0) is 16.3. The molecular formula is C17H36KNO3. The molecule has 128 valence electrons. The minimum atomic E-state index is -0.907. The van der Waals surface area contributed by atoms with Gasteiger partial charge in [-0.25, -0.2) is 0 Å². The van der Waals surface area contributed by atoms with E-state index in [0.717, 1.165) is 12.8 Å². The van der Waals surface area contributed by atoms with Crippen LogP contribution >= 0.6 is 0 Å². The number of carboxylic acids is 1. The predicted molar refractivity (Wildman–Crippen MR) is 86.8 cm³/mol. The zero-order valence-corrected chi connectivity index (χ0v) is 18.2. The monoisotopic (exact) mass is 341 g/mol. The number of aliphatic carboxylic acids is 1. The van der Waals surface area contributed by atoms with E-state index in [1.54, 1.807) is 6.92 Å². The van der Waals surface area contributed by atoms with Crippen molar-refractivity contribution in [2.75, 3.05) is 6.54 Å². The predicted octanol–water partition coefficient (Wildman–Crippen LogP) is -0.233. The molecule has 0 aromatic carbocycles. The van der Waals surface area contributed by atoms with Crippen molar-refractivity contribution in [2.24, 2.45) is 5.73 Å². The van der Waals surface area contributed by atoms with Gasteiger partial charge >= 0.3 is 51.4 Å². The standard InChI is InChI=1S/C14H28O2.C3H9NO.K/c1-2-3-4-5-6-7-8-9-10-11-12-13-14(15)16;1-3(5)2-4;/h2-13H2,1H3,(H,15,16);3,5H,2,4H2,1H3;/q;;+1/p-1. The SMILES string of the molecule is CC(O)CN.CCCCCCCCCCCCCC(=O)[O-].[K+]. The van der Waals surface area contributed by atoms with Crippen LogP contribution in [0.5, 0.6) is 0 Å². The summed E-state index contributed by atoms with van der Waals surface area (Å²) in [5.74, 6) is -0.907. The molecule has 0 amide bonds. The molecule has 1 atom stereocenters. The minimum Gasteiger partial charge on any atom is -0.550 e. The maximum Gasteiger partial charge on any atom is 1.00 e. The molecule has 0 aliphatic rings. The molecule has 5 heteroatoms. The first kappa shape index (κ1) is 27.9. The van der Waals surface area contributed by atoms with Gasteiger partial charge in [0.05, 0.1) is 6.10 Å². The van der Waals surface area contributed by atoms with Crippen LogP contribution in [0.2, 0.25) is 0 Å². The number of unbranched alkanes of at least 4 members (excludes halogenated alkanes) is 10. The van der Waals surface area contributed by atoms with Crippen molar-refractivity contribution < 1.29 is 66.4 Å². The Morgan fingerprint density at radius 1 is 0.955 bits per heavy atom. The van der Waals surface area contributed by atoms with Gasteiger partial charge in [0.1, 0.15) is 0 Å². The van der Waals surface area contributed by atoms with Crippen molar-refractivity contribution in [3.63, 3.8) is 0 Å². The summed E-state index contributed by atoms with van der Waals surface area (Å²) in [7, 11) is 0. The normalized spacial score (nSPS) is 11.1. The Labute approximate surface area is 180 Å². The van der Waals surface area contributed by atoms with Crippen LogP contribution in [0.3, 0.4) is 0 Å². The molecular weight excluding hydrogens is 305 g/mol. The number of rotatable bonds is 13. The van der Waals surface area contributed by atoms with Crippen molar-refractivity contribution in [3.05, 3.63) is 0 Å². The number of hydrogen-bond acceptors (Lipinski definition) is 4. The Balaban J connectivity index is -0.000000520. The number of aliphatic hydroxyl groups is 1. The summed E-state index contributed by atoms with van der Waals surface area (Å²) < 4.78 is 0. The fourth-order valence-electron chi connectivity index (χ4n) is 1.93. The number of nitrogens with two attached hydrogens (primary N) is 1. The van der Waals surface area contributed by atoms with Gasteiger partial charge in [0.2, 0.25) is 0 Å². The summed E-state index contributed by atoms with van der Waals surface area (Å²) in [4.78, 5) is 10.1. The average molecular weight is 342 g/mol. The van der Waals surface area contributed by atoms with Gasteiger partial charge in [0, 0.05) is 12.5 Å². The summed E-state index contributed by atoms with van der Waals surface area (Å²) >= 11 is 0. The van der Waals surface area contributed by atoms with E-state index in [2.05, 4.69) is 6.92 Å². The number of carbonyl (C=O) groups excluding carboxylic acids is 1. The van der Waals surface area contributed by atoms with Gasteiger partial charge in [0.15, 0.2) is 0 Å². The first-order chi connectivity index (χ1) is 10.0. The molecule has 1 unspecified atom stereocenters. The summed E-state index contributed by atoms with van der Waals surface area (Å²) in [6, 6.07) is 0. The van der Waals surface area contributed by atoms with Crippen LogP contribution in [-0.2, 0) is 4.79 Å². The molecule has 0 aliphatic carbocycles. The van der Waals surface area contributed by atoms with E-state index in [1.807, 2.05) is 0 Å². The number of carbonyl (C=O) groups is 1. The zero-order valence-electron chi connectivity index (χ0n) is 15.1.